The summed E-state index contributed by atoms with van der Waals surface area (Å²) < 4.78 is 29.7. The van der Waals surface area contributed by atoms with Crippen molar-refractivity contribution in [1.82, 2.24) is 5.32 Å². The zero-order valence-corrected chi connectivity index (χ0v) is 13.3. The maximum atomic E-state index is 12.1. The quantitative estimate of drug-likeness (QED) is 0.414. The van der Waals surface area contributed by atoms with Crippen LogP contribution in [0.5, 0.6) is 0 Å². The minimum atomic E-state index is -4.18. The zero-order valence-electron chi connectivity index (χ0n) is 12.4. The number of hydrogen-bond donors (Lipinski definition) is 2. The Hall–Kier alpha value is -1.93. The average molecular weight is 327 g/mol. The van der Waals surface area contributed by atoms with Gasteiger partial charge in [-0.3, -0.25) is 9.35 Å². The second-order valence-corrected chi connectivity index (χ2v) is 6.84. The van der Waals surface area contributed by atoms with E-state index in [1.54, 1.807) is 0 Å². The molecule has 0 aliphatic carbocycles. The maximum Gasteiger partial charge on any atom is 0.266 e. The molecular formula is C14H19N2O5S-. The first-order valence-corrected chi connectivity index (χ1v) is 8.23. The molecule has 0 aliphatic heterocycles. The zero-order chi connectivity index (χ0) is 16.8. The lowest BCUT2D eigenvalue weighted by molar-refractivity contribution is -0.229. The number of aliphatic imine (C=N–C) groups is 1. The molecule has 0 saturated heterocycles. The van der Waals surface area contributed by atoms with Gasteiger partial charge in [0.2, 0.25) is 5.91 Å². The van der Waals surface area contributed by atoms with E-state index in [2.05, 4.69) is 10.3 Å². The smallest absolute Gasteiger partial charge is 0.266 e. The SMILES string of the molecule is CC(C)(C(=O)NCc1ccccc1)C([O-])=NCCS(=O)(=O)O. The largest absolute Gasteiger partial charge is 0.861 e. The van der Waals surface area contributed by atoms with E-state index in [1.807, 2.05) is 30.3 Å². The number of hydrogen-bond acceptors (Lipinski definition) is 5. The number of benzene rings is 1. The molecule has 0 atom stereocenters. The van der Waals surface area contributed by atoms with E-state index < -0.39 is 33.1 Å². The van der Waals surface area contributed by atoms with Gasteiger partial charge in [-0.15, -0.1) is 0 Å². The number of amides is 1. The van der Waals surface area contributed by atoms with Crippen molar-refractivity contribution in [1.29, 1.82) is 0 Å². The van der Waals surface area contributed by atoms with E-state index in [1.165, 1.54) is 13.8 Å². The Kier molecular flexibility index (Phi) is 6.07. The van der Waals surface area contributed by atoms with Crippen LogP contribution in [0.15, 0.2) is 35.3 Å². The Balaban J connectivity index is 2.63. The molecule has 8 heteroatoms. The molecule has 7 nitrogen and oxygen atoms in total. The van der Waals surface area contributed by atoms with Crippen LogP contribution in [0.4, 0.5) is 0 Å². The maximum absolute atomic E-state index is 12.1. The molecule has 1 aromatic rings. The van der Waals surface area contributed by atoms with Gasteiger partial charge in [0.1, 0.15) is 0 Å². The Bertz CT molecular complexity index is 638. The van der Waals surface area contributed by atoms with Gasteiger partial charge in [0, 0.05) is 6.54 Å². The first kappa shape index (κ1) is 18.1. The van der Waals surface area contributed by atoms with Crippen molar-refractivity contribution in [3.05, 3.63) is 35.9 Å². The Morgan fingerprint density at radius 2 is 1.91 bits per heavy atom. The molecule has 22 heavy (non-hydrogen) atoms. The molecule has 1 rings (SSSR count). The molecule has 0 radical (unpaired) electrons. The van der Waals surface area contributed by atoms with Crippen LogP contribution in [0.3, 0.4) is 0 Å². The van der Waals surface area contributed by atoms with Crippen LogP contribution in [0.2, 0.25) is 0 Å². The van der Waals surface area contributed by atoms with E-state index in [4.69, 9.17) is 4.55 Å². The minimum Gasteiger partial charge on any atom is -0.861 e. The van der Waals surface area contributed by atoms with Gasteiger partial charge in [-0.05, 0) is 25.3 Å². The van der Waals surface area contributed by atoms with E-state index in [0.717, 1.165) is 5.56 Å². The van der Waals surface area contributed by atoms with Crippen LogP contribution in [0.1, 0.15) is 19.4 Å². The van der Waals surface area contributed by atoms with E-state index >= 15 is 0 Å². The fraction of sp³-hybridized carbons (Fsp3) is 0.429. The van der Waals surface area contributed by atoms with E-state index in [-0.39, 0.29) is 13.1 Å². The van der Waals surface area contributed by atoms with E-state index in [0.29, 0.717) is 0 Å². The summed E-state index contributed by atoms with van der Waals surface area (Å²) in [6.07, 6.45) is 0. The van der Waals surface area contributed by atoms with Crippen molar-refractivity contribution in [3.63, 3.8) is 0 Å². The summed E-state index contributed by atoms with van der Waals surface area (Å²) in [6, 6.07) is 9.20. The van der Waals surface area contributed by atoms with Gasteiger partial charge in [-0.1, -0.05) is 30.3 Å². The average Bonchev–Trinajstić information content (AvgIpc) is 2.44. The summed E-state index contributed by atoms with van der Waals surface area (Å²) in [5.74, 6) is -1.89. The molecule has 0 fully saturated rings. The molecule has 1 amide bonds. The molecule has 0 aliphatic rings. The standard InChI is InChI=1S/C14H20N2O5S/c1-14(2,12(17)15-8-9-22(19,20)21)13(18)16-10-11-6-4-3-5-7-11/h3-7H,8-10H2,1-2H3,(H,15,17)(H,16,18)(H,19,20,21)/p-1. The van der Waals surface area contributed by atoms with Crippen LogP contribution < -0.4 is 10.4 Å². The van der Waals surface area contributed by atoms with Crippen molar-refractivity contribution in [2.45, 2.75) is 20.4 Å². The van der Waals surface area contributed by atoms with Gasteiger partial charge in [0.05, 0.1) is 17.7 Å². The summed E-state index contributed by atoms with van der Waals surface area (Å²) in [5.41, 5.74) is -0.518. The third kappa shape index (κ3) is 5.82. The van der Waals surface area contributed by atoms with Crippen molar-refractivity contribution in [3.8, 4) is 0 Å². The summed E-state index contributed by atoms with van der Waals surface area (Å²) in [7, 11) is -4.18. The summed E-state index contributed by atoms with van der Waals surface area (Å²) in [4.78, 5) is 15.6. The highest BCUT2D eigenvalue weighted by molar-refractivity contribution is 7.85. The second kappa shape index (κ2) is 7.37. The van der Waals surface area contributed by atoms with E-state index in [9.17, 15) is 18.3 Å². The topological polar surface area (TPSA) is 119 Å². The lowest BCUT2D eigenvalue weighted by Crippen LogP contribution is -2.47. The molecule has 0 spiro atoms. The molecule has 0 heterocycles. The molecule has 0 aromatic heterocycles. The number of carbonyl (C=O) groups excluding carboxylic acids is 1. The first-order chi connectivity index (χ1) is 10.1. The van der Waals surface area contributed by atoms with Gasteiger partial charge in [-0.2, -0.15) is 8.42 Å². The molecule has 0 bridgehead atoms. The van der Waals surface area contributed by atoms with Crippen LogP contribution >= 0.6 is 0 Å². The van der Waals surface area contributed by atoms with Crippen molar-refractivity contribution in [2.75, 3.05) is 12.3 Å². The molecule has 0 saturated carbocycles. The highest BCUT2D eigenvalue weighted by Crippen LogP contribution is 2.15. The number of nitrogens with zero attached hydrogens (tertiary/aromatic N) is 1. The fourth-order valence-electron chi connectivity index (χ4n) is 1.56. The monoisotopic (exact) mass is 327 g/mol. The van der Waals surface area contributed by atoms with Crippen LogP contribution in [0.25, 0.3) is 0 Å². The summed E-state index contributed by atoms with van der Waals surface area (Å²) in [5, 5.41) is 14.5. The van der Waals surface area contributed by atoms with Gasteiger partial charge in [-0.25, -0.2) is 0 Å². The first-order valence-electron chi connectivity index (χ1n) is 6.62. The Morgan fingerprint density at radius 3 is 2.45 bits per heavy atom. The summed E-state index contributed by atoms with van der Waals surface area (Å²) >= 11 is 0. The van der Waals surface area contributed by atoms with Crippen molar-refractivity contribution in [2.24, 2.45) is 10.4 Å². The normalized spacial score (nSPS) is 13.0. The highest BCUT2D eigenvalue weighted by Gasteiger charge is 2.27. The Morgan fingerprint density at radius 1 is 1.32 bits per heavy atom. The van der Waals surface area contributed by atoms with Crippen LogP contribution in [-0.2, 0) is 21.5 Å². The van der Waals surface area contributed by atoms with Gasteiger partial charge >= 0.3 is 0 Å². The number of rotatable bonds is 7. The third-order valence-electron chi connectivity index (χ3n) is 3.00. The minimum absolute atomic E-state index is 0.279. The molecular weight excluding hydrogens is 308 g/mol. The lowest BCUT2D eigenvalue weighted by atomic mass is 9.92. The second-order valence-electron chi connectivity index (χ2n) is 5.27. The highest BCUT2D eigenvalue weighted by atomic mass is 32.2. The molecule has 122 valence electrons. The summed E-state index contributed by atoms with van der Waals surface area (Å²) in [6.45, 7) is 2.72. The Labute approximate surface area is 129 Å². The molecule has 0 unspecified atom stereocenters. The lowest BCUT2D eigenvalue weighted by Gasteiger charge is -2.29. The van der Waals surface area contributed by atoms with Gasteiger partial charge in [0.25, 0.3) is 10.1 Å². The number of carbonyl (C=O) groups is 1. The van der Waals surface area contributed by atoms with Crippen LogP contribution in [-0.4, -0.2) is 37.1 Å². The molecule has 1 aromatic carbocycles. The van der Waals surface area contributed by atoms with Gasteiger partial charge in [0.15, 0.2) is 0 Å². The number of nitrogens with one attached hydrogen (secondary N) is 1. The third-order valence-corrected chi connectivity index (χ3v) is 3.70. The predicted molar refractivity (Wildman–Crippen MR) is 80.8 cm³/mol. The van der Waals surface area contributed by atoms with Crippen LogP contribution in [0, 0.1) is 5.41 Å². The predicted octanol–water partition coefficient (Wildman–Crippen LogP) is -0.0244. The van der Waals surface area contributed by atoms with Crippen molar-refractivity contribution < 1.29 is 22.9 Å². The fourth-order valence-corrected chi connectivity index (χ4v) is 1.88. The molecule has 2 N–H and O–H groups in total. The van der Waals surface area contributed by atoms with Crippen molar-refractivity contribution >= 4 is 21.9 Å². The van der Waals surface area contributed by atoms with Gasteiger partial charge < -0.3 is 15.4 Å².